The number of aromatic nitrogens is 2. The van der Waals surface area contributed by atoms with Gasteiger partial charge in [0.1, 0.15) is 4.47 Å². The van der Waals surface area contributed by atoms with Crippen LogP contribution in [-0.2, 0) is 12.4 Å². The molecule has 44 heavy (non-hydrogen) atoms. The van der Waals surface area contributed by atoms with Gasteiger partial charge in [0.2, 0.25) is 0 Å². The van der Waals surface area contributed by atoms with Crippen molar-refractivity contribution < 1.29 is 46.2 Å². The van der Waals surface area contributed by atoms with Gasteiger partial charge in [-0.25, -0.2) is 0 Å². The van der Waals surface area contributed by atoms with Crippen molar-refractivity contribution in [2.45, 2.75) is 12.4 Å². The maximum Gasteiger partial charge on any atom is 0.488 e. The molecular formula is C24H14BBr3F6N4O6. The zero-order valence-corrected chi connectivity index (χ0v) is 26.0. The van der Waals surface area contributed by atoms with Crippen LogP contribution in [0.1, 0.15) is 11.4 Å². The number of halogens is 9. The maximum absolute atomic E-state index is 12.5. The number of nitro groups is 2. The molecule has 2 aromatic carbocycles. The molecule has 0 aliphatic rings. The predicted molar refractivity (Wildman–Crippen MR) is 157 cm³/mol. The zero-order valence-electron chi connectivity index (χ0n) is 21.2. The summed E-state index contributed by atoms with van der Waals surface area (Å²) >= 11 is 9.16. The Balaban J connectivity index is 0.000000245. The molecule has 0 saturated carbocycles. The van der Waals surface area contributed by atoms with Gasteiger partial charge in [0.15, 0.2) is 11.4 Å². The molecule has 20 heteroatoms. The molecule has 2 aromatic heterocycles. The van der Waals surface area contributed by atoms with Crippen LogP contribution in [0.5, 0.6) is 0 Å². The third-order valence-corrected chi connectivity index (χ3v) is 6.68. The summed E-state index contributed by atoms with van der Waals surface area (Å²) in [7, 11) is -1.37. The van der Waals surface area contributed by atoms with Gasteiger partial charge in [-0.15, -0.1) is 0 Å². The minimum atomic E-state index is -4.72. The molecule has 2 heterocycles. The smallest absolute Gasteiger partial charge is 0.423 e. The second-order valence-electron chi connectivity index (χ2n) is 8.05. The first kappa shape index (κ1) is 36.7. The van der Waals surface area contributed by atoms with Gasteiger partial charge in [0, 0.05) is 33.5 Å². The van der Waals surface area contributed by atoms with Gasteiger partial charge in [-0.3, -0.25) is 30.2 Å². The molecule has 0 bridgehead atoms. The van der Waals surface area contributed by atoms with Crippen molar-refractivity contribution in [2.75, 3.05) is 0 Å². The van der Waals surface area contributed by atoms with Gasteiger partial charge < -0.3 is 10.0 Å². The van der Waals surface area contributed by atoms with Gasteiger partial charge in [-0.2, -0.15) is 26.3 Å². The molecule has 232 valence electrons. The van der Waals surface area contributed by atoms with Crippen LogP contribution >= 0.6 is 47.8 Å². The second kappa shape index (κ2) is 15.5. The van der Waals surface area contributed by atoms with Crippen molar-refractivity contribution in [1.82, 2.24) is 9.97 Å². The highest BCUT2D eigenvalue weighted by molar-refractivity contribution is 9.11. The van der Waals surface area contributed by atoms with Crippen LogP contribution in [0.2, 0.25) is 0 Å². The quantitative estimate of drug-likeness (QED) is 0.0940. The number of hydrogen-bond donors (Lipinski definition) is 2. The van der Waals surface area contributed by atoms with Crippen molar-refractivity contribution >= 4 is 71.7 Å². The molecule has 10 nitrogen and oxygen atoms in total. The van der Waals surface area contributed by atoms with E-state index in [1.807, 2.05) is 0 Å². The number of rotatable bonds is 4. The van der Waals surface area contributed by atoms with E-state index in [0.29, 0.717) is 23.2 Å². The summed E-state index contributed by atoms with van der Waals surface area (Å²) in [6.07, 6.45) is -7.78. The molecule has 0 amide bonds. The second-order valence-corrected chi connectivity index (χ2v) is 10.7. The number of nitrogens with zero attached hydrogens (tertiary/aromatic N) is 4. The first-order valence-corrected chi connectivity index (χ1v) is 13.7. The normalized spacial score (nSPS) is 11.0. The molecule has 0 fully saturated rings. The highest BCUT2D eigenvalue weighted by Gasteiger charge is 2.35. The number of pyridine rings is 2. The van der Waals surface area contributed by atoms with Crippen LogP contribution in [0.4, 0.5) is 37.7 Å². The van der Waals surface area contributed by atoms with Crippen LogP contribution in [0, 0.1) is 20.2 Å². The number of hydrogen-bond acceptors (Lipinski definition) is 8. The fraction of sp³-hybridized carbons (Fsp3) is 0.0833. The van der Waals surface area contributed by atoms with E-state index in [0.717, 1.165) is 21.3 Å². The topological polar surface area (TPSA) is 153 Å². The van der Waals surface area contributed by atoms with E-state index in [2.05, 4.69) is 57.8 Å². The van der Waals surface area contributed by atoms with Crippen LogP contribution < -0.4 is 5.46 Å². The first-order chi connectivity index (χ1) is 20.3. The van der Waals surface area contributed by atoms with E-state index < -0.39 is 52.1 Å². The summed E-state index contributed by atoms with van der Waals surface area (Å²) < 4.78 is 75.4. The van der Waals surface area contributed by atoms with Crippen molar-refractivity contribution in [2.24, 2.45) is 0 Å². The van der Waals surface area contributed by atoms with E-state index >= 15 is 0 Å². The van der Waals surface area contributed by atoms with Crippen LogP contribution in [0.15, 0.2) is 86.5 Å². The van der Waals surface area contributed by atoms with E-state index in [1.54, 1.807) is 48.5 Å². The Morgan fingerprint density at radius 3 is 1.50 bits per heavy atom. The minimum Gasteiger partial charge on any atom is -0.423 e. The lowest BCUT2D eigenvalue weighted by atomic mass is 9.81. The molecule has 4 aromatic rings. The SMILES string of the molecule is O=[N+]([O-])c1cc(C(F)(F)F)ncc1-c1ccc(Br)cc1.O=[N+]([O-])c1cc(C(F)(F)F)ncc1Br.OB(O)c1ccc(Br)cc1. The molecule has 0 spiro atoms. The monoisotopic (exact) mass is 816 g/mol. The molecule has 4 rings (SSSR count). The lowest BCUT2D eigenvalue weighted by Gasteiger charge is -2.08. The van der Waals surface area contributed by atoms with Crippen molar-refractivity contribution in [3.05, 3.63) is 118 Å². The summed E-state index contributed by atoms with van der Waals surface area (Å²) in [6, 6.07) is 14.0. The standard InChI is InChI=1S/C12H6BrF3N2O2.C6H6BBrO2.C6H2BrF3N2O2/c13-8-3-1-7(2-4-8)9-6-17-11(12(14,15)16)5-10(9)18(19)20;8-6-3-1-5(2-4-6)7(9)10;7-3-2-11-5(6(8,9)10)1-4(3)12(13)14/h1-6H;1-4,9-10H;1-2H. The van der Waals surface area contributed by atoms with Crippen LogP contribution in [0.3, 0.4) is 0 Å². The third-order valence-electron chi connectivity index (χ3n) is 5.01. The Morgan fingerprint density at radius 2 is 1.09 bits per heavy atom. The van der Waals surface area contributed by atoms with Crippen LogP contribution in [0.25, 0.3) is 11.1 Å². The Hall–Kier alpha value is -3.46. The van der Waals surface area contributed by atoms with Gasteiger partial charge >= 0.3 is 19.5 Å². The summed E-state index contributed by atoms with van der Waals surface area (Å²) in [5.74, 6) is 0. The Bertz CT molecular complexity index is 1610. The summed E-state index contributed by atoms with van der Waals surface area (Å²) in [5.41, 5.74) is -2.90. The molecule has 0 aliphatic heterocycles. The molecule has 0 atom stereocenters. The molecule has 0 unspecified atom stereocenters. The zero-order chi connectivity index (χ0) is 33.4. The van der Waals surface area contributed by atoms with Crippen molar-refractivity contribution in [3.8, 4) is 11.1 Å². The van der Waals surface area contributed by atoms with Gasteiger partial charge in [-0.1, -0.05) is 56.1 Å². The molecule has 0 saturated heterocycles. The molecule has 2 N–H and O–H groups in total. The Kier molecular flexibility index (Phi) is 13.0. The lowest BCUT2D eigenvalue weighted by Crippen LogP contribution is -2.29. The van der Waals surface area contributed by atoms with Gasteiger partial charge in [0.25, 0.3) is 11.4 Å². The summed E-state index contributed by atoms with van der Waals surface area (Å²) in [4.78, 5) is 25.7. The predicted octanol–water partition coefficient (Wildman–Crippen LogP) is 7.34. The van der Waals surface area contributed by atoms with Crippen LogP contribution in [-0.4, -0.2) is 37.0 Å². The Morgan fingerprint density at radius 1 is 0.682 bits per heavy atom. The van der Waals surface area contributed by atoms with E-state index in [9.17, 15) is 46.6 Å². The summed E-state index contributed by atoms with van der Waals surface area (Å²) in [5, 5.41) is 38.5. The lowest BCUT2D eigenvalue weighted by molar-refractivity contribution is -0.386. The highest BCUT2D eigenvalue weighted by Crippen LogP contribution is 2.36. The maximum atomic E-state index is 12.5. The van der Waals surface area contributed by atoms with E-state index in [1.165, 1.54) is 0 Å². The van der Waals surface area contributed by atoms with Gasteiger partial charge in [-0.05, 0) is 51.2 Å². The number of alkyl halides is 6. The van der Waals surface area contributed by atoms with Crippen molar-refractivity contribution in [1.29, 1.82) is 0 Å². The average molecular weight is 819 g/mol. The van der Waals surface area contributed by atoms with Gasteiger partial charge in [0.05, 0.1) is 15.4 Å². The Labute approximate surface area is 268 Å². The molecule has 0 radical (unpaired) electrons. The third kappa shape index (κ3) is 10.9. The van der Waals surface area contributed by atoms with E-state index in [-0.39, 0.29) is 10.0 Å². The fourth-order valence-corrected chi connectivity index (χ4v) is 3.85. The fourth-order valence-electron chi connectivity index (χ4n) is 2.96. The number of benzene rings is 2. The largest absolute Gasteiger partial charge is 0.488 e. The molecular weight excluding hydrogens is 805 g/mol. The van der Waals surface area contributed by atoms with E-state index in [4.69, 9.17) is 10.0 Å². The minimum absolute atomic E-state index is 0.0375. The summed E-state index contributed by atoms with van der Waals surface area (Å²) in [6.45, 7) is 0. The average Bonchev–Trinajstić information content (AvgIpc) is 2.93. The highest BCUT2D eigenvalue weighted by atomic mass is 79.9. The van der Waals surface area contributed by atoms with Crippen molar-refractivity contribution in [3.63, 3.8) is 0 Å². The molecule has 0 aliphatic carbocycles. The first-order valence-electron chi connectivity index (χ1n) is 11.3.